The topological polar surface area (TPSA) is 32.3 Å². The maximum Gasteiger partial charge on any atom is 0.253 e. The first-order valence-corrected chi connectivity index (χ1v) is 8.34. The minimum Gasteiger partial charge on any atom is -0.338 e. The molecule has 0 radical (unpaired) electrons. The Morgan fingerprint density at radius 3 is 2.52 bits per heavy atom. The van der Waals surface area contributed by atoms with E-state index in [-0.39, 0.29) is 5.91 Å². The molecule has 1 aromatic carbocycles. The van der Waals surface area contributed by atoms with Gasteiger partial charge >= 0.3 is 0 Å². The summed E-state index contributed by atoms with van der Waals surface area (Å²) in [7, 11) is 0. The molecule has 2 saturated heterocycles. The standard InChI is InChI=1S/C18H26N2O/c1-14-3-2-12-20(13-14)18(21)17-6-4-15(5-7-17)16-8-10-19-11-9-16/h4-7,14,16,19H,2-3,8-13H2,1H3. The summed E-state index contributed by atoms with van der Waals surface area (Å²) in [6.07, 6.45) is 4.80. The molecule has 0 aliphatic carbocycles. The Hall–Kier alpha value is -1.35. The van der Waals surface area contributed by atoms with Crippen LogP contribution in [0.15, 0.2) is 24.3 Å². The number of nitrogens with one attached hydrogen (secondary N) is 1. The highest BCUT2D eigenvalue weighted by Crippen LogP contribution is 2.26. The van der Waals surface area contributed by atoms with Crippen LogP contribution in [-0.4, -0.2) is 37.0 Å². The van der Waals surface area contributed by atoms with E-state index in [1.807, 2.05) is 17.0 Å². The summed E-state index contributed by atoms with van der Waals surface area (Å²) in [6.45, 7) is 6.28. The molecule has 2 fully saturated rings. The number of piperidine rings is 2. The second-order valence-corrected chi connectivity index (χ2v) is 6.64. The Morgan fingerprint density at radius 1 is 1.14 bits per heavy atom. The van der Waals surface area contributed by atoms with E-state index in [1.165, 1.54) is 24.8 Å². The van der Waals surface area contributed by atoms with E-state index in [9.17, 15) is 4.79 Å². The molecule has 2 aliphatic heterocycles. The largest absolute Gasteiger partial charge is 0.338 e. The van der Waals surface area contributed by atoms with Crippen LogP contribution in [0.2, 0.25) is 0 Å². The van der Waals surface area contributed by atoms with Crippen molar-refractivity contribution < 1.29 is 4.79 Å². The lowest BCUT2D eigenvalue weighted by atomic mass is 9.89. The Morgan fingerprint density at radius 2 is 1.86 bits per heavy atom. The lowest BCUT2D eigenvalue weighted by Gasteiger charge is -2.31. The molecule has 2 aliphatic rings. The summed E-state index contributed by atoms with van der Waals surface area (Å²) in [4.78, 5) is 14.6. The van der Waals surface area contributed by atoms with E-state index in [1.54, 1.807) is 0 Å². The van der Waals surface area contributed by atoms with Gasteiger partial charge in [0.05, 0.1) is 0 Å². The van der Waals surface area contributed by atoms with Crippen molar-refractivity contribution in [1.29, 1.82) is 0 Å². The van der Waals surface area contributed by atoms with Crippen LogP contribution in [0, 0.1) is 5.92 Å². The van der Waals surface area contributed by atoms with E-state index in [4.69, 9.17) is 0 Å². The number of nitrogens with zero attached hydrogens (tertiary/aromatic N) is 1. The summed E-state index contributed by atoms with van der Waals surface area (Å²) in [6, 6.07) is 8.38. The van der Waals surface area contributed by atoms with Crippen LogP contribution in [0.25, 0.3) is 0 Å². The second-order valence-electron chi connectivity index (χ2n) is 6.64. The molecule has 1 aromatic rings. The zero-order chi connectivity index (χ0) is 14.7. The Labute approximate surface area is 127 Å². The number of rotatable bonds is 2. The first-order valence-electron chi connectivity index (χ1n) is 8.34. The van der Waals surface area contributed by atoms with Crippen molar-refractivity contribution >= 4 is 5.91 Å². The molecule has 0 bridgehead atoms. The predicted octanol–water partition coefficient (Wildman–Crippen LogP) is 3.03. The number of likely N-dealkylation sites (tertiary alicyclic amines) is 1. The van der Waals surface area contributed by atoms with Gasteiger partial charge in [-0.25, -0.2) is 0 Å². The smallest absolute Gasteiger partial charge is 0.253 e. The van der Waals surface area contributed by atoms with Crippen molar-refractivity contribution in [3.8, 4) is 0 Å². The molecule has 1 N–H and O–H groups in total. The zero-order valence-corrected chi connectivity index (χ0v) is 13.0. The van der Waals surface area contributed by atoms with Crippen LogP contribution < -0.4 is 5.32 Å². The first kappa shape index (κ1) is 14.6. The summed E-state index contributed by atoms with van der Waals surface area (Å²) in [5.74, 6) is 1.50. The average molecular weight is 286 g/mol. The molecule has 0 saturated carbocycles. The lowest BCUT2D eigenvalue weighted by Crippen LogP contribution is -2.39. The molecule has 3 nitrogen and oxygen atoms in total. The van der Waals surface area contributed by atoms with Gasteiger partial charge in [-0.15, -0.1) is 0 Å². The van der Waals surface area contributed by atoms with Crippen molar-refractivity contribution in [2.75, 3.05) is 26.2 Å². The predicted molar refractivity (Wildman–Crippen MR) is 85.6 cm³/mol. The van der Waals surface area contributed by atoms with Crippen molar-refractivity contribution in [2.24, 2.45) is 5.92 Å². The van der Waals surface area contributed by atoms with Crippen molar-refractivity contribution in [1.82, 2.24) is 10.2 Å². The van der Waals surface area contributed by atoms with E-state index in [0.717, 1.165) is 38.2 Å². The maximum absolute atomic E-state index is 12.5. The number of benzene rings is 1. The van der Waals surface area contributed by atoms with E-state index in [2.05, 4.69) is 24.4 Å². The van der Waals surface area contributed by atoms with Gasteiger partial charge in [0, 0.05) is 18.7 Å². The van der Waals surface area contributed by atoms with Gasteiger partial charge in [0.1, 0.15) is 0 Å². The van der Waals surface area contributed by atoms with Crippen LogP contribution in [0.5, 0.6) is 0 Å². The lowest BCUT2D eigenvalue weighted by molar-refractivity contribution is 0.0683. The van der Waals surface area contributed by atoms with Gasteiger partial charge in [0.25, 0.3) is 5.91 Å². The summed E-state index contributed by atoms with van der Waals surface area (Å²) in [5, 5.41) is 3.40. The molecule has 3 rings (SSSR count). The van der Waals surface area contributed by atoms with Crippen LogP contribution in [0.4, 0.5) is 0 Å². The van der Waals surface area contributed by atoms with Crippen molar-refractivity contribution in [3.05, 3.63) is 35.4 Å². The molecule has 2 heterocycles. The van der Waals surface area contributed by atoms with Crippen molar-refractivity contribution in [3.63, 3.8) is 0 Å². The monoisotopic (exact) mass is 286 g/mol. The third kappa shape index (κ3) is 3.46. The highest BCUT2D eigenvalue weighted by Gasteiger charge is 2.22. The number of hydrogen-bond acceptors (Lipinski definition) is 2. The quantitative estimate of drug-likeness (QED) is 0.906. The average Bonchev–Trinajstić information content (AvgIpc) is 2.55. The molecule has 3 heteroatoms. The van der Waals surface area contributed by atoms with Gasteiger partial charge in [0.2, 0.25) is 0 Å². The number of amides is 1. The Kier molecular flexibility index (Phi) is 4.59. The van der Waals surface area contributed by atoms with Gasteiger partial charge in [-0.1, -0.05) is 19.1 Å². The summed E-state index contributed by atoms with van der Waals surface area (Å²) >= 11 is 0. The molecular weight excluding hydrogens is 260 g/mol. The molecule has 114 valence electrons. The fraction of sp³-hybridized carbons (Fsp3) is 0.611. The zero-order valence-electron chi connectivity index (χ0n) is 13.0. The minimum absolute atomic E-state index is 0.207. The van der Waals surface area contributed by atoms with E-state index in [0.29, 0.717) is 11.8 Å². The SMILES string of the molecule is CC1CCCN(C(=O)c2ccc(C3CCNCC3)cc2)C1. The first-order chi connectivity index (χ1) is 10.2. The Bertz CT molecular complexity index is 476. The molecule has 0 aromatic heterocycles. The van der Waals surface area contributed by atoms with Gasteiger partial charge in [-0.2, -0.15) is 0 Å². The minimum atomic E-state index is 0.207. The van der Waals surface area contributed by atoms with Crippen LogP contribution in [0.3, 0.4) is 0 Å². The fourth-order valence-electron chi connectivity index (χ4n) is 3.61. The van der Waals surface area contributed by atoms with Crippen LogP contribution in [0.1, 0.15) is 54.4 Å². The Balaban J connectivity index is 1.67. The highest BCUT2D eigenvalue weighted by molar-refractivity contribution is 5.94. The third-order valence-electron chi connectivity index (χ3n) is 4.91. The molecule has 1 unspecified atom stereocenters. The van der Waals surface area contributed by atoms with Crippen LogP contribution >= 0.6 is 0 Å². The number of carbonyl (C=O) groups is 1. The summed E-state index contributed by atoms with van der Waals surface area (Å²) in [5.41, 5.74) is 2.24. The summed E-state index contributed by atoms with van der Waals surface area (Å²) < 4.78 is 0. The number of hydrogen-bond donors (Lipinski definition) is 1. The molecule has 0 spiro atoms. The van der Waals surface area contributed by atoms with E-state index < -0.39 is 0 Å². The number of carbonyl (C=O) groups excluding carboxylic acids is 1. The highest BCUT2D eigenvalue weighted by atomic mass is 16.2. The third-order valence-corrected chi connectivity index (χ3v) is 4.91. The fourth-order valence-corrected chi connectivity index (χ4v) is 3.61. The molecule has 1 atom stereocenters. The van der Waals surface area contributed by atoms with Crippen molar-refractivity contribution in [2.45, 2.75) is 38.5 Å². The van der Waals surface area contributed by atoms with Gasteiger partial charge in [0.15, 0.2) is 0 Å². The maximum atomic E-state index is 12.5. The molecule has 1 amide bonds. The second kappa shape index (κ2) is 6.61. The van der Waals surface area contributed by atoms with E-state index >= 15 is 0 Å². The molecule has 21 heavy (non-hydrogen) atoms. The normalized spacial score (nSPS) is 24.0. The van der Waals surface area contributed by atoms with Gasteiger partial charge in [-0.05, 0) is 68.3 Å². The van der Waals surface area contributed by atoms with Crippen LogP contribution in [-0.2, 0) is 0 Å². The van der Waals surface area contributed by atoms with Gasteiger partial charge < -0.3 is 10.2 Å². The molecular formula is C18H26N2O. The van der Waals surface area contributed by atoms with Gasteiger partial charge in [-0.3, -0.25) is 4.79 Å².